The number of amides is 1. The number of nitrogens with one attached hydrogen (secondary N) is 1. The van der Waals surface area contributed by atoms with Gasteiger partial charge in [-0.1, -0.05) is 0 Å². The van der Waals surface area contributed by atoms with Crippen LogP contribution in [-0.2, 0) is 4.74 Å². The molecule has 0 aromatic carbocycles. The van der Waals surface area contributed by atoms with Gasteiger partial charge in [0, 0.05) is 50.0 Å². The van der Waals surface area contributed by atoms with E-state index >= 15 is 0 Å². The minimum atomic E-state index is -0.173. The molecule has 1 amide bonds. The third kappa shape index (κ3) is 4.58. The lowest BCUT2D eigenvalue weighted by Crippen LogP contribution is -2.37. The number of nitrogens with zero attached hydrogens (tertiary/aromatic N) is 6. The van der Waals surface area contributed by atoms with E-state index in [0.29, 0.717) is 31.1 Å². The Morgan fingerprint density at radius 2 is 2.07 bits per heavy atom. The van der Waals surface area contributed by atoms with Crippen LogP contribution in [0.4, 0.5) is 5.82 Å². The van der Waals surface area contributed by atoms with Crippen LogP contribution in [0.5, 0.6) is 0 Å². The molecule has 9 nitrogen and oxygen atoms in total. The van der Waals surface area contributed by atoms with Crippen LogP contribution in [0.25, 0.3) is 16.9 Å². The Hall–Kier alpha value is -3.04. The number of carbonyl (C=O) groups is 1. The fourth-order valence-corrected chi connectivity index (χ4v) is 3.42. The Morgan fingerprint density at radius 3 is 2.80 bits per heavy atom. The maximum atomic E-state index is 12.6. The molecule has 0 bridgehead atoms. The number of carbonyl (C=O) groups excluding carboxylic acids is 1. The molecule has 1 aliphatic rings. The molecule has 9 heteroatoms. The average molecular weight is 409 g/mol. The Kier molecular flexibility index (Phi) is 6.20. The summed E-state index contributed by atoms with van der Waals surface area (Å²) in [4.78, 5) is 30.6. The first-order valence-corrected chi connectivity index (χ1v) is 10.2. The van der Waals surface area contributed by atoms with E-state index in [1.807, 2.05) is 36.8 Å². The second kappa shape index (κ2) is 9.19. The lowest BCUT2D eigenvalue weighted by Gasteiger charge is -2.28. The fourth-order valence-electron chi connectivity index (χ4n) is 3.42. The van der Waals surface area contributed by atoms with E-state index in [4.69, 9.17) is 9.72 Å². The van der Waals surface area contributed by atoms with Gasteiger partial charge in [-0.2, -0.15) is 0 Å². The largest absolute Gasteiger partial charge is 0.378 e. The molecule has 1 aliphatic heterocycles. The van der Waals surface area contributed by atoms with Gasteiger partial charge in [0.25, 0.3) is 5.91 Å². The van der Waals surface area contributed by atoms with E-state index in [1.165, 1.54) is 0 Å². The third-order valence-electron chi connectivity index (χ3n) is 4.99. The molecule has 1 N–H and O–H groups in total. The first-order valence-electron chi connectivity index (χ1n) is 10.2. The highest BCUT2D eigenvalue weighted by molar-refractivity contribution is 5.93. The standard InChI is InChI=1S/C21H27N7O2/c1-26(2)8-4-7-23-21(29)18-15-28-14-17(16-5-3-6-22-13-16)24-19(20(28)25-18)27-9-11-30-12-10-27/h3,5-6,13-15H,4,7-12H2,1-2H3,(H,23,29). The summed E-state index contributed by atoms with van der Waals surface area (Å²) >= 11 is 0. The molecular weight excluding hydrogens is 382 g/mol. The Labute approximate surface area is 175 Å². The molecular formula is C21H27N7O2. The van der Waals surface area contributed by atoms with Crippen LogP contribution in [0.1, 0.15) is 16.9 Å². The zero-order valence-corrected chi connectivity index (χ0v) is 17.4. The van der Waals surface area contributed by atoms with Crippen molar-refractivity contribution in [2.75, 3.05) is 58.4 Å². The van der Waals surface area contributed by atoms with Crippen LogP contribution in [0.15, 0.2) is 36.9 Å². The van der Waals surface area contributed by atoms with Gasteiger partial charge < -0.3 is 24.3 Å². The van der Waals surface area contributed by atoms with Crippen molar-refractivity contribution in [3.05, 3.63) is 42.6 Å². The summed E-state index contributed by atoms with van der Waals surface area (Å²) in [6.07, 6.45) is 8.07. The Balaban J connectivity index is 1.65. The highest BCUT2D eigenvalue weighted by atomic mass is 16.5. The molecule has 0 aliphatic carbocycles. The van der Waals surface area contributed by atoms with Crippen molar-refractivity contribution in [3.63, 3.8) is 0 Å². The van der Waals surface area contributed by atoms with E-state index in [9.17, 15) is 4.79 Å². The van der Waals surface area contributed by atoms with Crippen molar-refractivity contribution in [2.45, 2.75) is 6.42 Å². The fraction of sp³-hybridized carbons (Fsp3) is 0.429. The predicted octanol–water partition coefficient (Wildman–Crippen LogP) is 1.31. The predicted molar refractivity (Wildman–Crippen MR) is 115 cm³/mol. The van der Waals surface area contributed by atoms with Gasteiger partial charge in [0.05, 0.1) is 18.9 Å². The molecule has 3 aromatic rings. The van der Waals surface area contributed by atoms with Gasteiger partial charge in [-0.3, -0.25) is 9.78 Å². The SMILES string of the molecule is CN(C)CCCNC(=O)c1cn2cc(-c3cccnc3)nc(N3CCOCC3)c2n1. The smallest absolute Gasteiger partial charge is 0.271 e. The average Bonchev–Trinajstić information content (AvgIpc) is 3.21. The third-order valence-corrected chi connectivity index (χ3v) is 4.99. The summed E-state index contributed by atoms with van der Waals surface area (Å²) in [5.41, 5.74) is 2.76. The van der Waals surface area contributed by atoms with Crippen LogP contribution in [0.2, 0.25) is 0 Å². The molecule has 3 aromatic heterocycles. The monoisotopic (exact) mass is 409 g/mol. The molecule has 4 rings (SSSR count). The van der Waals surface area contributed by atoms with Gasteiger partial charge in [-0.25, -0.2) is 9.97 Å². The first kappa shape index (κ1) is 20.2. The molecule has 0 radical (unpaired) electrons. The molecule has 0 unspecified atom stereocenters. The molecule has 1 saturated heterocycles. The lowest BCUT2D eigenvalue weighted by molar-refractivity contribution is 0.0948. The van der Waals surface area contributed by atoms with Crippen LogP contribution < -0.4 is 10.2 Å². The molecule has 0 spiro atoms. The lowest BCUT2D eigenvalue weighted by atomic mass is 10.2. The van der Waals surface area contributed by atoms with E-state index in [2.05, 4.69) is 25.1 Å². The number of aromatic nitrogens is 4. The normalized spacial score (nSPS) is 14.4. The number of fused-ring (bicyclic) bond motifs is 1. The Morgan fingerprint density at radius 1 is 1.23 bits per heavy atom. The molecule has 0 saturated carbocycles. The van der Waals surface area contributed by atoms with Gasteiger partial charge >= 0.3 is 0 Å². The minimum Gasteiger partial charge on any atom is -0.378 e. The molecule has 1 fully saturated rings. The second-order valence-electron chi connectivity index (χ2n) is 7.56. The summed E-state index contributed by atoms with van der Waals surface area (Å²) in [7, 11) is 4.04. The van der Waals surface area contributed by atoms with Gasteiger partial charge in [0.15, 0.2) is 11.5 Å². The van der Waals surface area contributed by atoms with E-state index in [-0.39, 0.29) is 5.91 Å². The van der Waals surface area contributed by atoms with Crippen LogP contribution in [0.3, 0.4) is 0 Å². The number of rotatable bonds is 7. The zero-order chi connectivity index (χ0) is 20.9. The van der Waals surface area contributed by atoms with Crippen molar-refractivity contribution in [1.82, 2.24) is 29.6 Å². The second-order valence-corrected chi connectivity index (χ2v) is 7.56. The molecule has 0 atom stereocenters. The van der Waals surface area contributed by atoms with E-state index in [0.717, 1.165) is 43.1 Å². The summed E-state index contributed by atoms with van der Waals surface area (Å²) in [5, 5.41) is 2.96. The van der Waals surface area contributed by atoms with Gasteiger partial charge in [0.1, 0.15) is 5.69 Å². The number of hydrogen-bond acceptors (Lipinski definition) is 7. The number of hydrogen-bond donors (Lipinski definition) is 1. The summed E-state index contributed by atoms with van der Waals surface area (Å²) in [5.74, 6) is 0.583. The van der Waals surface area contributed by atoms with E-state index < -0.39 is 0 Å². The van der Waals surface area contributed by atoms with Crippen molar-refractivity contribution in [3.8, 4) is 11.3 Å². The van der Waals surface area contributed by atoms with Gasteiger partial charge in [-0.15, -0.1) is 0 Å². The maximum Gasteiger partial charge on any atom is 0.271 e. The zero-order valence-electron chi connectivity index (χ0n) is 17.4. The van der Waals surface area contributed by atoms with Crippen LogP contribution in [-0.4, -0.2) is 83.6 Å². The van der Waals surface area contributed by atoms with Gasteiger partial charge in [-0.05, 0) is 39.2 Å². The summed E-state index contributed by atoms with van der Waals surface area (Å²) < 4.78 is 7.37. The van der Waals surface area contributed by atoms with Crippen molar-refractivity contribution in [2.24, 2.45) is 0 Å². The van der Waals surface area contributed by atoms with Crippen molar-refractivity contribution >= 4 is 17.4 Å². The van der Waals surface area contributed by atoms with Crippen molar-refractivity contribution < 1.29 is 9.53 Å². The topological polar surface area (TPSA) is 87.9 Å². The first-order chi connectivity index (χ1) is 14.6. The molecule has 30 heavy (non-hydrogen) atoms. The maximum absolute atomic E-state index is 12.6. The van der Waals surface area contributed by atoms with Crippen LogP contribution in [0, 0.1) is 0 Å². The number of ether oxygens (including phenoxy) is 1. The van der Waals surface area contributed by atoms with Gasteiger partial charge in [0.2, 0.25) is 0 Å². The van der Waals surface area contributed by atoms with Crippen molar-refractivity contribution in [1.29, 1.82) is 0 Å². The Bertz CT molecular complexity index is 997. The minimum absolute atomic E-state index is 0.173. The summed E-state index contributed by atoms with van der Waals surface area (Å²) in [6.45, 7) is 4.29. The number of pyridine rings is 1. The molecule has 158 valence electrons. The summed E-state index contributed by atoms with van der Waals surface area (Å²) in [6, 6.07) is 3.86. The number of morpholine rings is 1. The highest BCUT2D eigenvalue weighted by Crippen LogP contribution is 2.25. The van der Waals surface area contributed by atoms with E-state index in [1.54, 1.807) is 18.6 Å². The number of anilines is 1. The molecule has 4 heterocycles. The van der Waals surface area contributed by atoms with Crippen LogP contribution >= 0.6 is 0 Å². The quantitative estimate of drug-likeness (QED) is 0.589. The number of imidazole rings is 1. The highest BCUT2D eigenvalue weighted by Gasteiger charge is 2.21.